The molecular formula is C25H39N3O. The van der Waals surface area contributed by atoms with Gasteiger partial charge in [0.25, 0.3) is 0 Å². The van der Waals surface area contributed by atoms with Gasteiger partial charge in [-0.25, -0.2) is 4.98 Å². The highest BCUT2D eigenvalue weighted by Gasteiger charge is 2.05. The predicted molar refractivity (Wildman–Crippen MR) is 122 cm³/mol. The maximum absolute atomic E-state index is 9.95. The Labute approximate surface area is 176 Å². The molecule has 0 bridgehead atoms. The van der Waals surface area contributed by atoms with Crippen LogP contribution in [0.25, 0.3) is 11.4 Å². The van der Waals surface area contributed by atoms with Crippen LogP contribution >= 0.6 is 0 Å². The topological polar surface area (TPSA) is 61.8 Å². The average molecular weight is 398 g/mol. The van der Waals surface area contributed by atoms with Crippen molar-refractivity contribution in [3.05, 3.63) is 48.3 Å². The second kappa shape index (κ2) is 15.0. The summed E-state index contributed by atoms with van der Waals surface area (Å²) in [4.78, 5) is 4.59. The van der Waals surface area contributed by atoms with Crippen LogP contribution in [-0.2, 0) is 6.42 Å². The molecule has 1 aromatic heterocycles. The molecule has 1 heterocycles. The van der Waals surface area contributed by atoms with E-state index >= 15 is 0 Å². The summed E-state index contributed by atoms with van der Waals surface area (Å²) in [5.74, 6) is 1.78. The summed E-state index contributed by atoms with van der Waals surface area (Å²) in [6, 6.07) is 10.1. The smallest absolute Gasteiger partial charge is 0.181 e. The first-order valence-corrected chi connectivity index (χ1v) is 11.6. The van der Waals surface area contributed by atoms with Gasteiger partial charge in [0.1, 0.15) is 5.82 Å². The van der Waals surface area contributed by atoms with Crippen LogP contribution in [0.1, 0.15) is 89.8 Å². The van der Waals surface area contributed by atoms with Crippen molar-refractivity contribution < 1.29 is 5.11 Å². The number of aryl methyl sites for hydroxylation is 1. The number of nitrogens with zero attached hydrogens (tertiary/aromatic N) is 2. The number of H-pyrrole nitrogens is 1. The molecule has 0 unspecified atom stereocenters. The largest absolute Gasteiger partial charge is 0.393 e. The van der Waals surface area contributed by atoms with Crippen LogP contribution in [-0.4, -0.2) is 26.4 Å². The van der Waals surface area contributed by atoms with Crippen molar-refractivity contribution in [2.24, 2.45) is 0 Å². The molecule has 0 saturated carbocycles. The Morgan fingerprint density at radius 1 is 0.931 bits per heavy atom. The fourth-order valence-electron chi connectivity index (χ4n) is 3.50. The van der Waals surface area contributed by atoms with E-state index in [1.807, 2.05) is 30.3 Å². The summed E-state index contributed by atoms with van der Waals surface area (Å²) in [5, 5.41) is 17.3. The van der Waals surface area contributed by atoms with E-state index in [0.29, 0.717) is 0 Å². The molecule has 0 aliphatic carbocycles. The Hall–Kier alpha value is -1.94. The summed E-state index contributed by atoms with van der Waals surface area (Å²) < 4.78 is 0. The average Bonchev–Trinajstić information content (AvgIpc) is 3.22. The molecule has 0 spiro atoms. The van der Waals surface area contributed by atoms with Crippen LogP contribution in [0.2, 0.25) is 0 Å². The Morgan fingerprint density at radius 2 is 1.69 bits per heavy atom. The molecule has 2 N–H and O–H groups in total. The first kappa shape index (κ1) is 23.3. The number of hydrogen-bond donors (Lipinski definition) is 2. The lowest BCUT2D eigenvalue weighted by atomic mass is 10.1. The lowest BCUT2D eigenvalue weighted by Gasteiger charge is -2.07. The first-order chi connectivity index (χ1) is 14.3. The third kappa shape index (κ3) is 10.4. The van der Waals surface area contributed by atoms with Crippen LogP contribution in [0.3, 0.4) is 0 Å². The fourth-order valence-corrected chi connectivity index (χ4v) is 3.50. The Balaban J connectivity index is 1.44. The molecule has 160 valence electrons. The summed E-state index contributed by atoms with van der Waals surface area (Å²) in [7, 11) is 0. The van der Waals surface area contributed by atoms with Crippen molar-refractivity contribution in [3.63, 3.8) is 0 Å². The van der Waals surface area contributed by atoms with E-state index in [9.17, 15) is 5.11 Å². The van der Waals surface area contributed by atoms with Crippen LogP contribution in [0.15, 0.2) is 42.5 Å². The van der Waals surface area contributed by atoms with Crippen LogP contribution in [0, 0.1) is 0 Å². The van der Waals surface area contributed by atoms with Crippen molar-refractivity contribution in [1.82, 2.24) is 15.2 Å². The molecule has 1 aromatic carbocycles. The monoisotopic (exact) mass is 397 g/mol. The van der Waals surface area contributed by atoms with Gasteiger partial charge in [-0.1, -0.05) is 94.4 Å². The third-order valence-electron chi connectivity index (χ3n) is 5.31. The molecule has 4 nitrogen and oxygen atoms in total. The van der Waals surface area contributed by atoms with Crippen molar-refractivity contribution in [2.45, 2.75) is 96.5 Å². The number of nitrogens with one attached hydrogen (secondary N) is 1. The highest BCUT2D eigenvalue weighted by atomic mass is 16.3. The Kier molecular flexibility index (Phi) is 12.1. The summed E-state index contributed by atoms with van der Waals surface area (Å²) in [6.45, 7) is 2.22. The number of aromatic amines is 1. The molecule has 4 heteroatoms. The number of benzene rings is 1. The molecule has 0 amide bonds. The van der Waals surface area contributed by atoms with Gasteiger partial charge in [0.2, 0.25) is 0 Å². The predicted octanol–water partition coefficient (Wildman–Crippen LogP) is 6.63. The summed E-state index contributed by atoms with van der Waals surface area (Å²) in [5.41, 5.74) is 1.06. The minimum Gasteiger partial charge on any atom is -0.393 e. The number of rotatable bonds is 16. The minimum absolute atomic E-state index is 0.151. The van der Waals surface area contributed by atoms with Crippen molar-refractivity contribution in [2.75, 3.05) is 0 Å². The van der Waals surface area contributed by atoms with Crippen molar-refractivity contribution >= 4 is 0 Å². The molecule has 0 radical (unpaired) electrons. The summed E-state index contributed by atoms with van der Waals surface area (Å²) >= 11 is 0. The zero-order chi connectivity index (χ0) is 20.6. The molecule has 29 heavy (non-hydrogen) atoms. The lowest BCUT2D eigenvalue weighted by Crippen LogP contribution is -2.04. The fraction of sp³-hybridized carbons (Fsp3) is 0.600. The molecular weight excluding hydrogens is 358 g/mol. The zero-order valence-electron chi connectivity index (χ0n) is 18.2. The van der Waals surface area contributed by atoms with E-state index in [2.05, 4.69) is 34.3 Å². The molecule has 0 aliphatic heterocycles. The highest BCUT2D eigenvalue weighted by Crippen LogP contribution is 2.15. The van der Waals surface area contributed by atoms with Crippen LogP contribution < -0.4 is 0 Å². The maximum atomic E-state index is 9.95. The van der Waals surface area contributed by atoms with Crippen molar-refractivity contribution in [1.29, 1.82) is 0 Å². The van der Waals surface area contributed by atoms with E-state index in [0.717, 1.165) is 55.7 Å². The molecule has 0 fully saturated rings. The van der Waals surface area contributed by atoms with E-state index in [4.69, 9.17) is 0 Å². The standard InChI is InChI=1S/C25H39N3O/c1-2-3-4-14-19-23(29)20-15-9-7-5-6-8-10-16-21-24-26-25(28-27-24)22-17-12-11-13-18-22/h9,11-13,15,17-18,23,29H,2-8,10,14,16,19-21H2,1H3,(H,26,27,28)/b15-9-/t23-/m1/s1. The summed E-state index contributed by atoms with van der Waals surface area (Å²) in [6.07, 6.45) is 19.2. The quantitative estimate of drug-likeness (QED) is 0.247. The number of aromatic nitrogens is 3. The number of aliphatic hydroxyl groups excluding tert-OH is 1. The van der Waals surface area contributed by atoms with E-state index in [-0.39, 0.29) is 6.10 Å². The van der Waals surface area contributed by atoms with Gasteiger partial charge in [0, 0.05) is 12.0 Å². The molecule has 2 rings (SSSR count). The Morgan fingerprint density at radius 3 is 2.52 bits per heavy atom. The number of unbranched alkanes of at least 4 members (excludes halogenated alkanes) is 8. The molecule has 0 aliphatic rings. The SMILES string of the molecule is CCCCCC[C@@H](O)C/C=C\CCCCCCCc1nc(-c2ccccc2)n[nH]1. The van der Waals surface area contributed by atoms with E-state index < -0.39 is 0 Å². The first-order valence-electron chi connectivity index (χ1n) is 11.6. The van der Waals surface area contributed by atoms with Gasteiger partial charge in [-0.2, -0.15) is 5.10 Å². The van der Waals surface area contributed by atoms with Gasteiger partial charge < -0.3 is 5.11 Å². The van der Waals surface area contributed by atoms with Crippen LogP contribution in [0.4, 0.5) is 0 Å². The van der Waals surface area contributed by atoms with Gasteiger partial charge in [-0.05, 0) is 32.1 Å². The highest BCUT2D eigenvalue weighted by molar-refractivity contribution is 5.53. The molecule has 1 atom stereocenters. The van der Waals surface area contributed by atoms with Gasteiger partial charge in [0.05, 0.1) is 6.10 Å². The molecule has 0 saturated heterocycles. The molecule has 2 aromatic rings. The number of hydrogen-bond acceptors (Lipinski definition) is 3. The normalized spacial score (nSPS) is 12.6. The van der Waals surface area contributed by atoms with Gasteiger partial charge in [-0.3, -0.25) is 5.10 Å². The van der Waals surface area contributed by atoms with Crippen LogP contribution in [0.5, 0.6) is 0 Å². The number of allylic oxidation sites excluding steroid dienone is 1. The van der Waals surface area contributed by atoms with Gasteiger partial charge in [-0.15, -0.1) is 0 Å². The van der Waals surface area contributed by atoms with E-state index in [1.165, 1.54) is 44.9 Å². The number of aliphatic hydroxyl groups is 1. The second-order valence-corrected chi connectivity index (χ2v) is 7.99. The van der Waals surface area contributed by atoms with Gasteiger partial charge in [0.15, 0.2) is 5.82 Å². The lowest BCUT2D eigenvalue weighted by molar-refractivity contribution is 0.163. The Bertz CT molecular complexity index is 666. The van der Waals surface area contributed by atoms with Crippen molar-refractivity contribution in [3.8, 4) is 11.4 Å². The zero-order valence-corrected chi connectivity index (χ0v) is 18.2. The maximum Gasteiger partial charge on any atom is 0.181 e. The van der Waals surface area contributed by atoms with E-state index in [1.54, 1.807) is 0 Å². The second-order valence-electron chi connectivity index (χ2n) is 7.99. The van der Waals surface area contributed by atoms with Gasteiger partial charge >= 0.3 is 0 Å². The third-order valence-corrected chi connectivity index (χ3v) is 5.31. The minimum atomic E-state index is -0.151.